The summed E-state index contributed by atoms with van der Waals surface area (Å²) in [4.78, 5) is 3.79. The fraction of sp³-hybridized carbons (Fsp3) is 0.545. The third kappa shape index (κ3) is 3.18. The summed E-state index contributed by atoms with van der Waals surface area (Å²) in [6, 6.07) is 3.11. The monoisotopic (exact) mass is 271 g/mol. The van der Waals surface area contributed by atoms with Crippen molar-refractivity contribution in [2.75, 3.05) is 18.9 Å². The van der Waals surface area contributed by atoms with Crippen LogP contribution in [0.5, 0.6) is 0 Å². The summed E-state index contributed by atoms with van der Waals surface area (Å²) in [6.07, 6.45) is 4.28. The van der Waals surface area contributed by atoms with E-state index in [1.165, 1.54) is 12.3 Å². The molecule has 1 atom stereocenters. The van der Waals surface area contributed by atoms with Crippen molar-refractivity contribution in [3.05, 3.63) is 18.3 Å². The highest BCUT2D eigenvalue weighted by molar-refractivity contribution is 7.89. The molecule has 0 spiro atoms. The summed E-state index contributed by atoms with van der Waals surface area (Å²) < 4.78 is 31.8. The van der Waals surface area contributed by atoms with E-state index in [1.54, 1.807) is 6.07 Å². The molecule has 100 valence electrons. The number of anilines is 1. The fourth-order valence-corrected chi connectivity index (χ4v) is 3.02. The van der Waals surface area contributed by atoms with Crippen LogP contribution in [0.15, 0.2) is 23.4 Å². The lowest BCUT2D eigenvalue weighted by atomic mass is 10.2. The Morgan fingerprint density at radius 2 is 2.39 bits per heavy atom. The molecule has 2 rings (SSSR count). The number of sulfonamides is 1. The van der Waals surface area contributed by atoms with Gasteiger partial charge in [0.15, 0.2) is 5.03 Å². The Kier molecular flexibility index (Phi) is 4.15. The standard InChI is InChI=1S/C11H17N3O3S/c12-10-4-1-6-13-11(10)18(15,16)14-7-5-9-3-2-8-17-9/h1,4,6,9,14H,2-3,5,7-8,12H2. The molecule has 0 aliphatic carbocycles. The second kappa shape index (κ2) is 5.64. The number of pyridine rings is 1. The van der Waals surface area contributed by atoms with Gasteiger partial charge in [0.25, 0.3) is 10.0 Å². The van der Waals surface area contributed by atoms with Crippen LogP contribution in [0.3, 0.4) is 0 Å². The Labute approximate surface area is 107 Å². The van der Waals surface area contributed by atoms with Crippen molar-refractivity contribution in [1.82, 2.24) is 9.71 Å². The molecule has 1 unspecified atom stereocenters. The molecule has 18 heavy (non-hydrogen) atoms. The van der Waals surface area contributed by atoms with Crippen LogP contribution in [0.2, 0.25) is 0 Å². The molecular weight excluding hydrogens is 254 g/mol. The van der Waals surface area contributed by atoms with Gasteiger partial charge in [-0.25, -0.2) is 18.1 Å². The number of hydrogen-bond acceptors (Lipinski definition) is 5. The van der Waals surface area contributed by atoms with Crippen LogP contribution in [0.1, 0.15) is 19.3 Å². The van der Waals surface area contributed by atoms with Gasteiger partial charge in [-0.05, 0) is 31.4 Å². The van der Waals surface area contributed by atoms with E-state index in [0.29, 0.717) is 13.0 Å². The molecule has 0 radical (unpaired) electrons. The summed E-state index contributed by atoms with van der Waals surface area (Å²) in [5.74, 6) is 0. The zero-order chi connectivity index (χ0) is 13.0. The summed E-state index contributed by atoms with van der Waals surface area (Å²) >= 11 is 0. The van der Waals surface area contributed by atoms with Gasteiger partial charge in [-0.1, -0.05) is 0 Å². The number of ether oxygens (including phenoxy) is 1. The van der Waals surface area contributed by atoms with Crippen LogP contribution in [0, 0.1) is 0 Å². The maximum Gasteiger partial charge on any atom is 0.260 e. The molecule has 1 aromatic heterocycles. The number of hydrogen-bond donors (Lipinski definition) is 2. The van der Waals surface area contributed by atoms with Gasteiger partial charge < -0.3 is 10.5 Å². The van der Waals surface area contributed by atoms with Gasteiger partial charge in [0.2, 0.25) is 0 Å². The predicted molar refractivity (Wildman–Crippen MR) is 67.4 cm³/mol. The van der Waals surface area contributed by atoms with Crippen molar-refractivity contribution in [2.24, 2.45) is 0 Å². The van der Waals surface area contributed by atoms with Crippen LogP contribution < -0.4 is 10.5 Å². The molecule has 0 aromatic carbocycles. The van der Waals surface area contributed by atoms with Crippen molar-refractivity contribution in [2.45, 2.75) is 30.4 Å². The largest absolute Gasteiger partial charge is 0.396 e. The maximum atomic E-state index is 11.9. The van der Waals surface area contributed by atoms with Crippen LogP contribution in [-0.2, 0) is 14.8 Å². The quantitative estimate of drug-likeness (QED) is 0.813. The first-order valence-corrected chi connectivity index (χ1v) is 7.39. The van der Waals surface area contributed by atoms with E-state index in [-0.39, 0.29) is 16.8 Å². The third-order valence-corrected chi connectivity index (χ3v) is 4.27. The van der Waals surface area contributed by atoms with E-state index in [1.807, 2.05) is 0 Å². The fourth-order valence-electron chi connectivity index (χ4n) is 1.92. The lowest BCUT2D eigenvalue weighted by Crippen LogP contribution is -2.28. The summed E-state index contributed by atoms with van der Waals surface area (Å²) in [5, 5.41) is -0.114. The molecule has 0 bridgehead atoms. The molecule has 1 fully saturated rings. The van der Waals surface area contributed by atoms with Crippen LogP contribution in [0.25, 0.3) is 0 Å². The Bertz CT molecular complexity index is 498. The van der Waals surface area contributed by atoms with Gasteiger partial charge in [-0.3, -0.25) is 0 Å². The molecule has 3 N–H and O–H groups in total. The molecule has 1 aliphatic heterocycles. The summed E-state index contributed by atoms with van der Waals surface area (Å²) in [6.45, 7) is 1.10. The average molecular weight is 271 g/mol. The van der Waals surface area contributed by atoms with Crippen LogP contribution in [-0.4, -0.2) is 32.7 Å². The zero-order valence-electron chi connectivity index (χ0n) is 10.0. The topological polar surface area (TPSA) is 94.3 Å². The molecule has 0 saturated carbocycles. The molecule has 7 heteroatoms. The SMILES string of the molecule is Nc1cccnc1S(=O)(=O)NCCC1CCCO1. The average Bonchev–Trinajstić information content (AvgIpc) is 2.82. The summed E-state index contributed by atoms with van der Waals surface area (Å²) in [7, 11) is -3.62. The van der Waals surface area contributed by atoms with Crippen LogP contribution in [0.4, 0.5) is 5.69 Å². The van der Waals surface area contributed by atoms with Gasteiger partial charge in [0.1, 0.15) is 0 Å². The van der Waals surface area contributed by atoms with Gasteiger partial charge in [0, 0.05) is 19.3 Å². The first kappa shape index (κ1) is 13.3. The molecule has 0 amide bonds. The molecule has 6 nitrogen and oxygen atoms in total. The van der Waals surface area contributed by atoms with Crippen molar-refractivity contribution >= 4 is 15.7 Å². The first-order chi connectivity index (χ1) is 8.59. The number of nitrogens with two attached hydrogens (primary N) is 1. The third-order valence-electron chi connectivity index (χ3n) is 2.84. The number of nitrogens with one attached hydrogen (secondary N) is 1. The van der Waals surface area contributed by atoms with E-state index in [0.717, 1.165) is 19.4 Å². The summed E-state index contributed by atoms with van der Waals surface area (Å²) in [5.41, 5.74) is 5.75. The predicted octanol–water partition coefficient (Wildman–Crippen LogP) is 0.511. The van der Waals surface area contributed by atoms with Gasteiger partial charge in [-0.15, -0.1) is 0 Å². The second-order valence-electron chi connectivity index (χ2n) is 4.22. The molecular formula is C11H17N3O3S. The normalized spacial score (nSPS) is 20.1. The van der Waals surface area contributed by atoms with Crippen molar-refractivity contribution < 1.29 is 13.2 Å². The van der Waals surface area contributed by atoms with Gasteiger partial charge in [0.05, 0.1) is 11.8 Å². The lowest BCUT2D eigenvalue weighted by Gasteiger charge is -2.11. The van der Waals surface area contributed by atoms with Crippen molar-refractivity contribution in [3.8, 4) is 0 Å². The zero-order valence-corrected chi connectivity index (χ0v) is 10.8. The second-order valence-corrected chi connectivity index (χ2v) is 5.90. The highest BCUT2D eigenvalue weighted by Gasteiger charge is 2.20. The first-order valence-electron chi connectivity index (χ1n) is 5.91. The minimum atomic E-state index is -3.62. The van der Waals surface area contributed by atoms with Gasteiger partial charge >= 0.3 is 0 Å². The Morgan fingerprint density at radius 3 is 3.06 bits per heavy atom. The maximum absolute atomic E-state index is 11.9. The molecule has 1 aliphatic rings. The highest BCUT2D eigenvalue weighted by atomic mass is 32.2. The number of aromatic nitrogens is 1. The van der Waals surface area contributed by atoms with E-state index in [4.69, 9.17) is 10.5 Å². The highest BCUT2D eigenvalue weighted by Crippen LogP contribution is 2.16. The van der Waals surface area contributed by atoms with Crippen molar-refractivity contribution in [3.63, 3.8) is 0 Å². The Morgan fingerprint density at radius 1 is 1.56 bits per heavy atom. The minimum absolute atomic E-state index is 0.114. The number of rotatable bonds is 5. The number of nitrogen functional groups attached to an aromatic ring is 1. The van der Waals surface area contributed by atoms with E-state index >= 15 is 0 Å². The van der Waals surface area contributed by atoms with E-state index < -0.39 is 10.0 Å². The minimum Gasteiger partial charge on any atom is -0.396 e. The van der Waals surface area contributed by atoms with Crippen molar-refractivity contribution in [1.29, 1.82) is 0 Å². The smallest absolute Gasteiger partial charge is 0.260 e. The van der Waals surface area contributed by atoms with E-state index in [9.17, 15) is 8.42 Å². The molecule has 2 heterocycles. The van der Waals surface area contributed by atoms with E-state index in [2.05, 4.69) is 9.71 Å². The number of nitrogens with zero attached hydrogens (tertiary/aromatic N) is 1. The molecule has 1 aromatic rings. The van der Waals surface area contributed by atoms with Gasteiger partial charge in [-0.2, -0.15) is 0 Å². The molecule has 1 saturated heterocycles. The lowest BCUT2D eigenvalue weighted by molar-refractivity contribution is 0.105. The Hall–Kier alpha value is -1.18. The van der Waals surface area contributed by atoms with Crippen LogP contribution >= 0.6 is 0 Å². The Balaban J connectivity index is 1.93.